The zero-order valence-electron chi connectivity index (χ0n) is 9.72. The van der Waals surface area contributed by atoms with Crippen LogP contribution < -0.4 is 0 Å². The fourth-order valence-corrected chi connectivity index (χ4v) is 1.73. The normalized spacial score (nSPS) is 12.8. The summed E-state index contributed by atoms with van der Waals surface area (Å²) in [5.74, 6) is 0. The minimum Gasteiger partial charge on any atom is -0.306 e. The van der Waals surface area contributed by atoms with Crippen molar-refractivity contribution < 1.29 is 0 Å². The lowest BCUT2D eigenvalue weighted by Gasteiger charge is -1.95. The molecular formula is C14H16N2. The van der Waals surface area contributed by atoms with Gasteiger partial charge >= 0.3 is 0 Å². The molecule has 16 heavy (non-hydrogen) atoms. The first-order valence-corrected chi connectivity index (χ1v) is 5.62. The van der Waals surface area contributed by atoms with Crippen molar-refractivity contribution in [2.75, 3.05) is 0 Å². The van der Waals surface area contributed by atoms with Crippen molar-refractivity contribution in [1.29, 1.82) is 0 Å². The van der Waals surface area contributed by atoms with Crippen LogP contribution in [0.3, 0.4) is 0 Å². The fourth-order valence-electron chi connectivity index (χ4n) is 1.73. The molecule has 0 saturated carbocycles. The van der Waals surface area contributed by atoms with Gasteiger partial charge in [0, 0.05) is 12.4 Å². The van der Waals surface area contributed by atoms with Crippen LogP contribution in [0.1, 0.15) is 26.0 Å². The van der Waals surface area contributed by atoms with Crippen molar-refractivity contribution in [3.63, 3.8) is 0 Å². The predicted molar refractivity (Wildman–Crippen MR) is 68.3 cm³/mol. The number of pyridine rings is 1. The van der Waals surface area contributed by atoms with E-state index >= 15 is 0 Å². The summed E-state index contributed by atoms with van der Waals surface area (Å²) in [6.45, 7) is 4.17. The smallest absolute Gasteiger partial charge is 0.137 e. The average molecular weight is 212 g/mol. The first kappa shape index (κ1) is 10.7. The third-order valence-corrected chi connectivity index (χ3v) is 2.43. The quantitative estimate of drug-likeness (QED) is 0.709. The predicted octanol–water partition coefficient (Wildman–Crippen LogP) is 3.70. The van der Waals surface area contributed by atoms with E-state index in [0.717, 1.165) is 17.8 Å². The summed E-state index contributed by atoms with van der Waals surface area (Å²) < 4.78 is 2.04. The summed E-state index contributed by atoms with van der Waals surface area (Å²) >= 11 is 0. The topological polar surface area (TPSA) is 17.3 Å². The van der Waals surface area contributed by atoms with Crippen molar-refractivity contribution >= 4 is 11.2 Å². The molecule has 0 aliphatic carbocycles. The van der Waals surface area contributed by atoms with Gasteiger partial charge in [-0.25, -0.2) is 4.98 Å². The molecule has 0 spiro atoms. The van der Waals surface area contributed by atoms with Gasteiger partial charge in [0.15, 0.2) is 0 Å². The molecule has 2 rings (SSSR count). The van der Waals surface area contributed by atoms with Gasteiger partial charge in [0.1, 0.15) is 5.65 Å². The molecule has 0 radical (unpaired) electrons. The Bertz CT molecular complexity index is 499. The Hall–Kier alpha value is -1.83. The molecule has 0 fully saturated rings. The number of hydrogen-bond acceptors (Lipinski definition) is 1. The van der Waals surface area contributed by atoms with E-state index in [1.807, 2.05) is 41.8 Å². The minimum absolute atomic E-state index is 0.990. The highest BCUT2D eigenvalue weighted by atomic mass is 15.0. The maximum Gasteiger partial charge on any atom is 0.137 e. The number of nitrogens with zero attached hydrogens (tertiary/aromatic N) is 2. The average Bonchev–Trinajstić information content (AvgIpc) is 2.72. The number of fused-ring (bicyclic) bond motifs is 1. The molecule has 0 atom stereocenters. The van der Waals surface area contributed by atoms with E-state index < -0.39 is 0 Å². The van der Waals surface area contributed by atoms with Crippen LogP contribution >= 0.6 is 0 Å². The van der Waals surface area contributed by atoms with Gasteiger partial charge in [-0.1, -0.05) is 31.2 Å². The van der Waals surface area contributed by atoms with E-state index in [1.165, 1.54) is 5.57 Å². The standard InChI is InChI=1S/C14H16N2/c1-3-7-12(8-4-2)13-11-16-10-6-5-9-14(16)15-13/h3,5-11H,4H2,1-2H3/b7-3-,12-8+. The summed E-state index contributed by atoms with van der Waals surface area (Å²) in [7, 11) is 0. The molecule has 0 N–H and O–H groups in total. The molecule has 2 nitrogen and oxygen atoms in total. The van der Waals surface area contributed by atoms with E-state index in [9.17, 15) is 0 Å². The van der Waals surface area contributed by atoms with Crippen molar-refractivity contribution in [3.05, 3.63) is 54.5 Å². The molecule has 0 unspecified atom stereocenters. The maximum absolute atomic E-state index is 4.59. The molecule has 0 bridgehead atoms. The van der Waals surface area contributed by atoms with Gasteiger partial charge in [0.05, 0.1) is 5.69 Å². The lowest BCUT2D eigenvalue weighted by atomic mass is 10.1. The van der Waals surface area contributed by atoms with E-state index in [1.54, 1.807) is 0 Å². The number of hydrogen-bond donors (Lipinski definition) is 0. The summed E-state index contributed by atoms with van der Waals surface area (Å²) in [5, 5.41) is 0. The van der Waals surface area contributed by atoms with Gasteiger partial charge in [0.2, 0.25) is 0 Å². The van der Waals surface area contributed by atoms with Crippen LogP contribution in [0.15, 0.2) is 48.8 Å². The number of imidazole rings is 1. The molecule has 2 aromatic heterocycles. The first-order valence-electron chi connectivity index (χ1n) is 5.62. The van der Waals surface area contributed by atoms with E-state index in [0.29, 0.717) is 0 Å². The third kappa shape index (κ3) is 2.06. The van der Waals surface area contributed by atoms with Crippen LogP contribution in [0.25, 0.3) is 11.2 Å². The Kier molecular flexibility index (Phi) is 3.20. The second-order valence-electron chi connectivity index (χ2n) is 3.66. The van der Waals surface area contributed by atoms with Gasteiger partial charge in [-0.15, -0.1) is 0 Å². The minimum atomic E-state index is 0.990. The number of rotatable bonds is 3. The summed E-state index contributed by atoms with van der Waals surface area (Å²) in [4.78, 5) is 4.59. The van der Waals surface area contributed by atoms with Crippen molar-refractivity contribution in [2.24, 2.45) is 0 Å². The first-order chi connectivity index (χ1) is 7.85. The van der Waals surface area contributed by atoms with Crippen LogP contribution in [0.2, 0.25) is 0 Å². The lowest BCUT2D eigenvalue weighted by molar-refractivity contribution is 1.19. The molecule has 0 saturated heterocycles. The molecule has 0 aliphatic heterocycles. The second-order valence-corrected chi connectivity index (χ2v) is 3.66. The number of allylic oxidation sites excluding steroid dienone is 4. The Morgan fingerprint density at radius 1 is 1.44 bits per heavy atom. The highest BCUT2D eigenvalue weighted by molar-refractivity contribution is 5.72. The van der Waals surface area contributed by atoms with Crippen molar-refractivity contribution in [2.45, 2.75) is 20.3 Å². The van der Waals surface area contributed by atoms with Gasteiger partial charge < -0.3 is 4.40 Å². The molecule has 0 aliphatic rings. The third-order valence-electron chi connectivity index (χ3n) is 2.43. The van der Waals surface area contributed by atoms with Crippen LogP contribution in [-0.2, 0) is 0 Å². The molecule has 0 amide bonds. The van der Waals surface area contributed by atoms with Crippen molar-refractivity contribution in [1.82, 2.24) is 9.38 Å². The monoisotopic (exact) mass is 212 g/mol. The summed E-state index contributed by atoms with van der Waals surface area (Å²) in [6, 6.07) is 6.03. The second kappa shape index (κ2) is 4.79. The van der Waals surface area contributed by atoms with Crippen LogP contribution in [-0.4, -0.2) is 9.38 Å². The van der Waals surface area contributed by atoms with E-state index in [4.69, 9.17) is 0 Å². The molecule has 2 heterocycles. The zero-order chi connectivity index (χ0) is 11.4. The molecule has 2 heteroatoms. The van der Waals surface area contributed by atoms with Gasteiger partial charge in [-0.05, 0) is 31.1 Å². The Morgan fingerprint density at radius 2 is 2.31 bits per heavy atom. The van der Waals surface area contributed by atoms with Gasteiger partial charge in [-0.2, -0.15) is 0 Å². The maximum atomic E-state index is 4.59. The SMILES string of the molecule is C/C=C\C(=C/CC)c1cn2ccccc2n1. The largest absolute Gasteiger partial charge is 0.306 e. The Balaban J connectivity index is 2.49. The number of aromatic nitrogens is 2. The Morgan fingerprint density at radius 3 is 3.00 bits per heavy atom. The summed E-state index contributed by atoms with van der Waals surface area (Å²) in [5.41, 5.74) is 3.21. The van der Waals surface area contributed by atoms with E-state index in [2.05, 4.69) is 30.3 Å². The highest BCUT2D eigenvalue weighted by Crippen LogP contribution is 2.16. The van der Waals surface area contributed by atoms with Gasteiger partial charge in [-0.3, -0.25) is 0 Å². The van der Waals surface area contributed by atoms with Crippen molar-refractivity contribution in [3.8, 4) is 0 Å². The fraction of sp³-hybridized carbons (Fsp3) is 0.214. The Labute approximate surface area is 95.9 Å². The zero-order valence-corrected chi connectivity index (χ0v) is 9.72. The van der Waals surface area contributed by atoms with Gasteiger partial charge in [0.25, 0.3) is 0 Å². The summed E-state index contributed by atoms with van der Waals surface area (Å²) in [6.07, 6.45) is 11.5. The molecular weight excluding hydrogens is 196 g/mol. The molecule has 82 valence electrons. The van der Waals surface area contributed by atoms with Crippen LogP contribution in [0.4, 0.5) is 0 Å². The molecule has 2 aromatic rings. The molecule has 0 aromatic carbocycles. The van der Waals surface area contributed by atoms with Crippen LogP contribution in [0, 0.1) is 0 Å². The van der Waals surface area contributed by atoms with E-state index in [-0.39, 0.29) is 0 Å². The van der Waals surface area contributed by atoms with Crippen LogP contribution in [0.5, 0.6) is 0 Å². The lowest BCUT2D eigenvalue weighted by Crippen LogP contribution is -1.80. The highest BCUT2D eigenvalue weighted by Gasteiger charge is 2.03.